The van der Waals surface area contributed by atoms with Crippen LogP contribution in [0, 0.1) is 5.92 Å². The lowest BCUT2D eigenvalue weighted by atomic mass is 10.0. The van der Waals surface area contributed by atoms with Gasteiger partial charge in [0.15, 0.2) is 0 Å². The molecule has 114 valence electrons. The van der Waals surface area contributed by atoms with Crippen molar-refractivity contribution < 1.29 is 4.79 Å². The second-order valence-corrected chi connectivity index (χ2v) is 7.63. The summed E-state index contributed by atoms with van der Waals surface area (Å²) in [4.78, 5) is 12.2. The number of nitrogens with one attached hydrogen (secondary N) is 2. The van der Waals surface area contributed by atoms with Crippen molar-refractivity contribution in [1.82, 2.24) is 10.6 Å². The Labute approximate surface area is 127 Å². The SMILES string of the molecule is CC(C)(C)NC(=O)c1cccc([C@@H]2C[C@H]2NCC2CC2)c1. The molecule has 2 atom stereocenters. The van der Waals surface area contributed by atoms with E-state index in [0.717, 1.165) is 11.5 Å². The summed E-state index contributed by atoms with van der Waals surface area (Å²) in [6.45, 7) is 7.19. The number of benzene rings is 1. The summed E-state index contributed by atoms with van der Waals surface area (Å²) in [6.07, 6.45) is 4.00. The molecule has 3 heteroatoms. The Balaban J connectivity index is 1.59. The number of rotatable bonds is 5. The maximum absolute atomic E-state index is 12.2. The van der Waals surface area contributed by atoms with Gasteiger partial charge in [-0.1, -0.05) is 12.1 Å². The molecule has 2 aliphatic carbocycles. The number of carbonyl (C=O) groups excluding carboxylic acids is 1. The molecule has 0 spiro atoms. The molecule has 0 saturated heterocycles. The third-order valence-corrected chi connectivity index (χ3v) is 4.22. The van der Waals surface area contributed by atoms with E-state index in [2.05, 4.69) is 22.8 Å². The number of hydrogen-bond donors (Lipinski definition) is 2. The van der Waals surface area contributed by atoms with E-state index in [4.69, 9.17) is 0 Å². The van der Waals surface area contributed by atoms with Crippen LogP contribution in [-0.4, -0.2) is 24.0 Å². The lowest BCUT2D eigenvalue weighted by Crippen LogP contribution is -2.40. The van der Waals surface area contributed by atoms with Gasteiger partial charge in [0.1, 0.15) is 0 Å². The van der Waals surface area contributed by atoms with Crippen molar-refractivity contribution in [3.8, 4) is 0 Å². The first-order chi connectivity index (χ1) is 9.92. The maximum Gasteiger partial charge on any atom is 0.251 e. The number of amides is 1. The molecule has 2 saturated carbocycles. The van der Waals surface area contributed by atoms with Crippen LogP contribution in [0.4, 0.5) is 0 Å². The van der Waals surface area contributed by atoms with E-state index in [1.165, 1.54) is 31.4 Å². The molecule has 0 bridgehead atoms. The van der Waals surface area contributed by atoms with Gasteiger partial charge in [-0.25, -0.2) is 0 Å². The van der Waals surface area contributed by atoms with Gasteiger partial charge in [0, 0.05) is 23.1 Å². The Morgan fingerprint density at radius 1 is 1.29 bits per heavy atom. The van der Waals surface area contributed by atoms with Crippen LogP contribution in [0.1, 0.15) is 61.9 Å². The highest BCUT2D eigenvalue weighted by atomic mass is 16.1. The Morgan fingerprint density at radius 3 is 2.71 bits per heavy atom. The standard InChI is InChI=1S/C18H26N2O/c1-18(2,3)20-17(21)14-6-4-5-13(9-14)15-10-16(15)19-11-12-7-8-12/h4-6,9,12,15-16,19H,7-8,10-11H2,1-3H3,(H,20,21)/t15-,16+/m0/s1. The van der Waals surface area contributed by atoms with Crippen molar-refractivity contribution in [2.45, 2.75) is 57.5 Å². The second kappa shape index (κ2) is 5.45. The highest BCUT2D eigenvalue weighted by Crippen LogP contribution is 2.41. The van der Waals surface area contributed by atoms with Crippen LogP contribution in [0.15, 0.2) is 24.3 Å². The van der Waals surface area contributed by atoms with Gasteiger partial charge in [-0.15, -0.1) is 0 Å². The first-order valence-corrected chi connectivity index (χ1v) is 8.08. The van der Waals surface area contributed by atoms with E-state index in [9.17, 15) is 4.79 Å². The van der Waals surface area contributed by atoms with Gasteiger partial charge in [0.05, 0.1) is 0 Å². The molecular weight excluding hydrogens is 260 g/mol. The zero-order valence-electron chi connectivity index (χ0n) is 13.3. The Morgan fingerprint density at radius 2 is 2.05 bits per heavy atom. The molecule has 2 fully saturated rings. The summed E-state index contributed by atoms with van der Waals surface area (Å²) < 4.78 is 0. The van der Waals surface area contributed by atoms with Crippen molar-refractivity contribution >= 4 is 5.91 Å². The van der Waals surface area contributed by atoms with Gasteiger partial charge >= 0.3 is 0 Å². The van der Waals surface area contributed by atoms with Gasteiger partial charge in [-0.05, 0) is 70.2 Å². The first-order valence-electron chi connectivity index (χ1n) is 8.08. The van der Waals surface area contributed by atoms with Crippen molar-refractivity contribution in [3.63, 3.8) is 0 Å². The normalized spacial score (nSPS) is 24.7. The molecule has 0 unspecified atom stereocenters. The number of hydrogen-bond acceptors (Lipinski definition) is 2. The summed E-state index contributed by atoms with van der Waals surface area (Å²) in [5.41, 5.74) is 1.88. The topological polar surface area (TPSA) is 41.1 Å². The smallest absolute Gasteiger partial charge is 0.251 e. The zero-order valence-corrected chi connectivity index (χ0v) is 13.3. The van der Waals surface area contributed by atoms with Gasteiger partial charge in [-0.3, -0.25) is 4.79 Å². The molecule has 1 aromatic rings. The van der Waals surface area contributed by atoms with Crippen LogP contribution in [0.3, 0.4) is 0 Å². The predicted octanol–water partition coefficient (Wildman–Crippen LogP) is 3.07. The first kappa shape index (κ1) is 14.6. The average molecular weight is 286 g/mol. The van der Waals surface area contributed by atoms with E-state index in [1.54, 1.807) is 0 Å². The summed E-state index contributed by atoms with van der Waals surface area (Å²) in [5, 5.41) is 6.68. The summed E-state index contributed by atoms with van der Waals surface area (Å²) in [5.74, 6) is 1.54. The molecule has 3 rings (SSSR count). The van der Waals surface area contributed by atoms with E-state index < -0.39 is 0 Å². The van der Waals surface area contributed by atoms with Crippen LogP contribution in [-0.2, 0) is 0 Å². The Bertz CT molecular complexity index is 528. The van der Waals surface area contributed by atoms with Gasteiger partial charge in [-0.2, -0.15) is 0 Å². The van der Waals surface area contributed by atoms with E-state index in [-0.39, 0.29) is 11.4 Å². The summed E-state index contributed by atoms with van der Waals surface area (Å²) in [6, 6.07) is 8.73. The Hall–Kier alpha value is -1.35. The highest BCUT2D eigenvalue weighted by Gasteiger charge is 2.39. The largest absolute Gasteiger partial charge is 0.347 e. The van der Waals surface area contributed by atoms with Crippen molar-refractivity contribution in [2.24, 2.45) is 5.92 Å². The molecule has 0 aliphatic heterocycles. The summed E-state index contributed by atoms with van der Waals surface area (Å²) >= 11 is 0. The molecule has 1 aromatic carbocycles. The third kappa shape index (κ3) is 4.07. The molecule has 0 radical (unpaired) electrons. The number of carbonyl (C=O) groups is 1. The minimum Gasteiger partial charge on any atom is -0.347 e. The molecule has 3 nitrogen and oxygen atoms in total. The van der Waals surface area contributed by atoms with Crippen LogP contribution < -0.4 is 10.6 Å². The maximum atomic E-state index is 12.2. The quantitative estimate of drug-likeness (QED) is 0.873. The van der Waals surface area contributed by atoms with Crippen molar-refractivity contribution in [1.29, 1.82) is 0 Å². The van der Waals surface area contributed by atoms with Crippen molar-refractivity contribution in [2.75, 3.05) is 6.54 Å². The zero-order chi connectivity index (χ0) is 15.0. The lowest BCUT2D eigenvalue weighted by Gasteiger charge is -2.20. The average Bonchev–Trinajstić information content (AvgIpc) is 3.29. The summed E-state index contributed by atoms with van der Waals surface area (Å²) in [7, 11) is 0. The minimum absolute atomic E-state index is 0.0208. The molecule has 2 N–H and O–H groups in total. The lowest BCUT2D eigenvalue weighted by molar-refractivity contribution is 0.0919. The molecular formula is C18H26N2O. The molecule has 0 heterocycles. The van der Waals surface area contributed by atoms with Gasteiger partial charge in [0.25, 0.3) is 5.91 Å². The monoisotopic (exact) mass is 286 g/mol. The molecule has 1 amide bonds. The van der Waals surface area contributed by atoms with Gasteiger partial charge < -0.3 is 10.6 Å². The predicted molar refractivity (Wildman–Crippen MR) is 85.5 cm³/mol. The fourth-order valence-corrected chi connectivity index (χ4v) is 2.75. The molecule has 0 aromatic heterocycles. The molecule has 2 aliphatic rings. The van der Waals surface area contributed by atoms with Crippen LogP contribution in [0.5, 0.6) is 0 Å². The Kier molecular flexibility index (Phi) is 3.78. The second-order valence-electron chi connectivity index (χ2n) is 7.63. The third-order valence-electron chi connectivity index (χ3n) is 4.22. The van der Waals surface area contributed by atoms with Crippen molar-refractivity contribution in [3.05, 3.63) is 35.4 Å². The van der Waals surface area contributed by atoms with Crippen LogP contribution >= 0.6 is 0 Å². The fourth-order valence-electron chi connectivity index (χ4n) is 2.75. The van der Waals surface area contributed by atoms with E-state index in [1.807, 2.05) is 32.9 Å². The molecule has 21 heavy (non-hydrogen) atoms. The minimum atomic E-state index is -0.193. The van der Waals surface area contributed by atoms with Crippen LogP contribution in [0.2, 0.25) is 0 Å². The fraction of sp³-hybridized carbons (Fsp3) is 0.611. The highest BCUT2D eigenvalue weighted by molar-refractivity contribution is 5.94. The van der Waals surface area contributed by atoms with Gasteiger partial charge in [0.2, 0.25) is 0 Å². The van der Waals surface area contributed by atoms with E-state index in [0.29, 0.717) is 12.0 Å². The van der Waals surface area contributed by atoms with Crippen LogP contribution in [0.25, 0.3) is 0 Å². The van der Waals surface area contributed by atoms with E-state index >= 15 is 0 Å².